The molecule has 0 amide bonds. The quantitative estimate of drug-likeness (QED) is 0.790. The summed E-state index contributed by atoms with van der Waals surface area (Å²) in [4.78, 5) is 13.6. The number of aryl methyl sites for hydroxylation is 2. The van der Waals surface area contributed by atoms with Crippen molar-refractivity contribution in [3.05, 3.63) is 35.0 Å². The number of fused-ring (bicyclic) bond motifs is 1. The van der Waals surface area contributed by atoms with Crippen molar-refractivity contribution < 1.29 is 4.74 Å². The summed E-state index contributed by atoms with van der Waals surface area (Å²) in [7, 11) is 0. The van der Waals surface area contributed by atoms with Crippen LogP contribution in [-0.4, -0.2) is 20.7 Å². The lowest BCUT2D eigenvalue weighted by atomic mass is 10.3. The second-order valence-corrected chi connectivity index (χ2v) is 5.30. The highest BCUT2D eigenvalue weighted by molar-refractivity contribution is 7.99. The standard InChI is InChI=1S/C12H10ClN3OS/c1-7-9(3-2-5-14-7)17-11-10-8(4-6-18-10)15-12(13)16-11/h2-3,5H,4,6H2,1H3. The number of ether oxygens (including phenoxy) is 1. The zero-order chi connectivity index (χ0) is 12.5. The number of aromatic nitrogens is 3. The molecule has 92 valence electrons. The molecule has 4 nitrogen and oxygen atoms in total. The fourth-order valence-electron chi connectivity index (χ4n) is 1.76. The van der Waals surface area contributed by atoms with Crippen LogP contribution >= 0.6 is 23.4 Å². The van der Waals surface area contributed by atoms with E-state index in [0.717, 1.165) is 28.5 Å². The molecule has 0 saturated carbocycles. The van der Waals surface area contributed by atoms with Crippen molar-refractivity contribution in [2.75, 3.05) is 5.75 Å². The maximum Gasteiger partial charge on any atom is 0.237 e. The maximum atomic E-state index is 5.91. The molecule has 2 aromatic rings. The smallest absolute Gasteiger partial charge is 0.237 e. The Morgan fingerprint density at radius 2 is 2.28 bits per heavy atom. The number of thioether (sulfide) groups is 1. The van der Waals surface area contributed by atoms with E-state index in [1.165, 1.54) is 0 Å². The molecule has 0 N–H and O–H groups in total. The van der Waals surface area contributed by atoms with E-state index in [1.807, 2.05) is 19.1 Å². The Morgan fingerprint density at radius 3 is 3.11 bits per heavy atom. The van der Waals surface area contributed by atoms with E-state index < -0.39 is 0 Å². The van der Waals surface area contributed by atoms with Crippen LogP contribution in [0.15, 0.2) is 23.2 Å². The lowest BCUT2D eigenvalue weighted by Gasteiger charge is -2.09. The molecule has 1 aliphatic heterocycles. The van der Waals surface area contributed by atoms with E-state index in [0.29, 0.717) is 11.6 Å². The molecule has 6 heteroatoms. The molecule has 3 rings (SSSR count). The van der Waals surface area contributed by atoms with Crippen molar-refractivity contribution in [3.8, 4) is 11.6 Å². The molecule has 2 aromatic heterocycles. The van der Waals surface area contributed by atoms with Gasteiger partial charge in [-0.05, 0) is 30.7 Å². The van der Waals surface area contributed by atoms with E-state index in [1.54, 1.807) is 18.0 Å². The Kier molecular flexibility index (Phi) is 3.09. The lowest BCUT2D eigenvalue weighted by molar-refractivity contribution is 0.441. The normalized spacial score (nSPS) is 13.4. The Bertz CT molecular complexity index is 606. The Hall–Kier alpha value is -1.33. The lowest BCUT2D eigenvalue weighted by Crippen LogP contribution is -1.97. The Balaban J connectivity index is 2.01. The van der Waals surface area contributed by atoms with Crippen molar-refractivity contribution >= 4 is 23.4 Å². The van der Waals surface area contributed by atoms with E-state index in [9.17, 15) is 0 Å². The SMILES string of the molecule is Cc1ncccc1Oc1nc(Cl)nc2c1SCC2. The number of rotatable bonds is 2. The van der Waals surface area contributed by atoms with Gasteiger partial charge in [-0.3, -0.25) is 4.98 Å². The molecule has 1 aliphatic rings. The predicted octanol–water partition coefficient (Wildman–Crippen LogP) is 3.27. The average Bonchev–Trinajstić information content (AvgIpc) is 2.80. The van der Waals surface area contributed by atoms with Gasteiger partial charge in [0.25, 0.3) is 0 Å². The molecule has 0 fully saturated rings. The molecule has 3 heterocycles. The number of hydrogen-bond acceptors (Lipinski definition) is 5. The first-order chi connectivity index (χ1) is 8.74. The second-order valence-electron chi connectivity index (χ2n) is 3.86. The summed E-state index contributed by atoms with van der Waals surface area (Å²) in [5.74, 6) is 2.22. The third-order valence-corrected chi connectivity index (χ3v) is 3.90. The molecular formula is C12H10ClN3OS. The Morgan fingerprint density at radius 1 is 1.39 bits per heavy atom. The molecule has 0 saturated heterocycles. The van der Waals surface area contributed by atoms with Crippen LogP contribution in [-0.2, 0) is 6.42 Å². The van der Waals surface area contributed by atoms with Crippen LogP contribution < -0.4 is 4.74 Å². The number of pyridine rings is 1. The number of nitrogens with zero attached hydrogens (tertiary/aromatic N) is 3. The molecule has 0 spiro atoms. The van der Waals surface area contributed by atoms with Gasteiger partial charge in [0.2, 0.25) is 11.2 Å². The first kappa shape index (κ1) is 11.7. The topological polar surface area (TPSA) is 47.9 Å². The molecular weight excluding hydrogens is 270 g/mol. The number of halogens is 1. The van der Waals surface area contributed by atoms with Crippen molar-refractivity contribution in [1.82, 2.24) is 15.0 Å². The minimum Gasteiger partial charge on any atom is -0.436 e. The number of hydrogen-bond donors (Lipinski definition) is 0. The van der Waals surface area contributed by atoms with Gasteiger partial charge in [0.05, 0.1) is 16.3 Å². The molecule has 0 radical (unpaired) electrons. The zero-order valence-electron chi connectivity index (χ0n) is 9.68. The van der Waals surface area contributed by atoms with Gasteiger partial charge >= 0.3 is 0 Å². The van der Waals surface area contributed by atoms with Crippen molar-refractivity contribution in [2.45, 2.75) is 18.2 Å². The monoisotopic (exact) mass is 279 g/mol. The van der Waals surface area contributed by atoms with E-state index >= 15 is 0 Å². The molecule has 0 unspecified atom stereocenters. The highest BCUT2D eigenvalue weighted by atomic mass is 35.5. The predicted molar refractivity (Wildman–Crippen MR) is 70.5 cm³/mol. The summed E-state index contributed by atoms with van der Waals surface area (Å²) >= 11 is 7.61. The van der Waals surface area contributed by atoms with Gasteiger partial charge in [-0.15, -0.1) is 11.8 Å². The average molecular weight is 280 g/mol. The first-order valence-corrected chi connectivity index (χ1v) is 6.89. The largest absolute Gasteiger partial charge is 0.436 e. The second kappa shape index (κ2) is 4.74. The minimum absolute atomic E-state index is 0.229. The highest BCUT2D eigenvalue weighted by Gasteiger charge is 2.21. The van der Waals surface area contributed by atoms with Crippen LogP contribution in [0.5, 0.6) is 11.6 Å². The molecule has 0 atom stereocenters. The zero-order valence-corrected chi connectivity index (χ0v) is 11.3. The Labute approximate surface area is 114 Å². The summed E-state index contributed by atoms with van der Waals surface area (Å²) in [5, 5.41) is 0.229. The first-order valence-electron chi connectivity index (χ1n) is 5.53. The third kappa shape index (κ3) is 2.15. The van der Waals surface area contributed by atoms with Crippen LogP contribution in [0.2, 0.25) is 5.28 Å². The van der Waals surface area contributed by atoms with Crippen LogP contribution in [0.3, 0.4) is 0 Å². The van der Waals surface area contributed by atoms with Gasteiger partial charge in [0.15, 0.2) is 5.75 Å². The highest BCUT2D eigenvalue weighted by Crippen LogP contribution is 2.39. The van der Waals surface area contributed by atoms with Gasteiger partial charge in [-0.25, -0.2) is 4.98 Å². The third-order valence-electron chi connectivity index (χ3n) is 2.63. The molecule has 0 bridgehead atoms. The molecule has 18 heavy (non-hydrogen) atoms. The summed E-state index contributed by atoms with van der Waals surface area (Å²) in [6, 6.07) is 3.70. The fourth-order valence-corrected chi connectivity index (χ4v) is 2.96. The van der Waals surface area contributed by atoms with Crippen LogP contribution in [0, 0.1) is 6.92 Å². The van der Waals surface area contributed by atoms with Crippen molar-refractivity contribution in [2.24, 2.45) is 0 Å². The minimum atomic E-state index is 0.229. The molecule has 0 aliphatic carbocycles. The summed E-state index contributed by atoms with van der Waals surface area (Å²) < 4.78 is 5.81. The summed E-state index contributed by atoms with van der Waals surface area (Å²) in [5.41, 5.74) is 1.79. The van der Waals surface area contributed by atoms with Gasteiger partial charge in [-0.1, -0.05) is 0 Å². The fraction of sp³-hybridized carbons (Fsp3) is 0.250. The van der Waals surface area contributed by atoms with Crippen LogP contribution in [0.4, 0.5) is 0 Å². The van der Waals surface area contributed by atoms with Gasteiger partial charge < -0.3 is 4.74 Å². The van der Waals surface area contributed by atoms with Crippen molar-refractivity contribution in [1.29, 1.82) is 0 Å². The van der Waals surface area contributed by atoms with Gasteiger partial charge in [-0.2, -0.15) is 4.98 Å². The van der Waals surface area contributed by atoms with Gasteiger partial charge in [0, 0.05) is 18.4 Å². The van der Waals surface area contributed by atoms with Crippen LogP contribution in [0.25, 0.3) is 0 Å². The van der Waals surface area contributed by atoms with E-state index in [2.05, 4.69) is 15.0 Å². The van der Waals surface area contributed by atoms with Crippen molar-refractivity contribution in [3.63, 3.8) is 0 Å². The van der Waals surface area contributed by atoms with Crippen LogP contribution in [0.1, 0.15) is 11.4 Å². The van der Waals surface area contributed by atoms with E-state index in [-0.39, 0.29) is 5.28 Å². The summed E-state index contributed by atoms with van der Waals surface area (Å²) in [6.45, 7) is 1.89. The summed E-state index contributed by atoms with van der Waals surface area (Å²) in [6.07, 6.45) is 2.64. The van der Waals surface area contributed by atoms with E-state index in [4.69, 9.17) is 16.3 Å². The molecule has 0 aromatic carbocycles. The maximum absolute atomic E-state index is 5.91. The van der Waals surface area contributed by atoms with Gasteiger partial charge in [0.1, 0.15) is 0 Å².